The van der Waals surface area contributed by atoms with Crippen molar-refractivity contribution in [2.75, 3.05) is 0 Å². The summed E-state index contributed by atoms with van der Waals surface area (Å²) in [5, 5.41) is 0. The van der Waals surface area contributed by atoms with Gasteiger partial charge in [-0.15, -0.1) is 0 Å². The first-order chi connectivity index (χ1) is 4.34. The Morgan fingerprint density at radius 1 is 1.20 bits per heavy atom. The summed E-state index contributed by atoms with van der Waals surface area (Å²) in [6, 6.07) is 8.49. The Bertz CT molecular complexity index is 194. The summed E-state index contributed by atoms with van der Waals surface area (Å²) in [6.45, 7) is 4.33. The topological polar surface area (TPSA) is 35.0 Å². The lowest BCUT2D eigenvalue weighted by atomic mass is 10.1. The van der Waals surface area contributed by atoms with Crippen LogP contribution in [0.3, 0.4) is 0 Å². The second-order valence-electron chi connectivity index (χ2n) is 2.28. The number of hydrogen-bond donors (Lipinski definition) is 1. The molecule has 0 bridgehead atoms. The Kier molecular flexibility index (Phi) is 3.74. The van der Waals surface area contributed by atoms with Gasteiger partial charge in [-0.05, 0) is 24.5 Å². The number of aryl methyl sites for hydroxylation is 2. The number of benzene rings is 1. The van der Waals surface area contributed by atoms with E-state index in [4.69, 9.17) is 0 Å². The van der Waals surface area contributed by atoms with Gasteiger partial charge >= 0.3 is 0 Å². The SMILES string of the molecule is CCc1ccccc1C.N. The van der Waals surface area contributed by atoms with Crippen molar-refractivity contribution in [3.8, 4) is 0 Å². The summed E-state index contributed by atoms with van der Waals surface area (Å²) in [5.41, 5.74) is 2.86. The van der Waals surface area contributed by atoms with Crippen molar-refractivity contribution < 1.29 is 0 Å². The molecule has 0 saturated carbocycles. The van der Waals surface area contributed by atoms with Crippen LogP contribution in [-0.4, -0.2) is 0 Å². The maximum Gasteiger partial charge on any atom is -0.0305 e. The molecule has 1 heteroatoms. The van der Waals surface area contributed by atoms with E-state index < -0.39 is 0 Å². The third kappa shape index (κ3) is 1.85. The molecule has 0 saturated heterocycles. The van der Waals surface area contributed by atoms with Crippen LogP contribution in [0, 0.1) is 6.92 Å². The molecule has 56 valence electrons. The van der Waals surface area contributed by atoms with Crippen molar-refractivity contribution in [3.05, 3.63) is 35.4 Å². The average Bonchev–Trinajstić information content (AvgIpc) is 1.89. The highest BCUT2D eigenvalue weighted by atomic mass is 14.0. The molecule has 0 atom stereocenters. The molecule has 10 heavy (non-hydrogen) atoms. The summed E-state index contributed by atoms with van der Waals surface area (Å²) in [4.78, 5) is 0. The third-order valence-corrected chi connectivity index (χ3v) is 1.64. The lowest BCUT2D eigenvalue weighted by Gasteiger charge is -1.98. The molecule has 0 amide bonds. The average molecular weight is 137 g/mol. The number of rotatable bonds is 1. The first kappa shape index (κ1) is 9.18. The van der Waals surface area contributed by atoms with Gasteiger partial charge < -0.3 is 6.15 Å². The van der Waals surface area contributed by atoms with Crippen LogP contribution in [0.1, 0.15) is 18.1 Å². The molecular formula is C9H15N. The van der Waals surface area contributed by atoms with Crippen molar-refractivity contribution in [2.24, 2.45) is 0 Å². The van der Waals surface area contributed by atoms with E-state index in [0.717, 1.165) is 6.42 Å². The van der Waals surface area contributed by atoms with Crippen molar-refractivity contribution in [1.29, 1.82) is 0 Å². The molecule has 0 aliphatic rings. The summed E-state index contributed by atoms with van der Waals surface area (Å²) in [6.07, 6.45) is 1.15. The van der Waals surface area contributed by atoms with Crippen LogP contribution in [0.4, 0.5) is 0 Å². The van der Waals surface area contributed by atoms with Crippen LogP contribution >= 0.6 is 0 Å². The molecule has 0 aromatic heterocycles. The van der Waals surface area contributed by atoms with Gasteiger partial charge in [-0.25, -0.2) is 0 Å². The van der Waals surface area contributed by atoms with E-state index in [1.165, 1.54) is 11.1 Å². The van der Waals surface area contributed by atoms with E-state index in [9.17, 15) is 0 Å². The summed E-state index contributed by atoms with van der Waals surface area (Å²) in [7, 11) is 0. The van der Waals surface area contributed by atoms with Crippen LogP contribution in [-0.2, 0) is 6.42 Å². The van der Waals surface area contributed by atoms with Gasteiger partial charge in [0.05, 0.1) is 0 Å². The van der Waals surface area contributed by atoms with Crippen molar-refractivity contribution in [1.82, 2.24) is 6.15 Å². The highest BCUT2D eigenvalue weighted by Crippen LogP contribution is 2.06. The fourth-order valence-corrected chi connectivity index (χ4v) is 1.01. The van der Waals surface area contributed by atoms with Gasteiger partial charge in [0.25, 0.3) is 0 Å². The summed E-state index contributed by atoms with van der Waals surface area (Å²) in [5.74, 6) is 0. The van der Waals surface area contributed by atoms with Crippen LogP contribution in [0.15, 0.2) is 24.3 Å². The van der Waals surface area contributed by atoms with Gasteiger partial charge in [0.1, 0.15) is 0 Å². The van der Waals surface area contributed by atoms with Gasteiger partial charge in [-0.2, -0.15) is 0 Å². The van der Waals surface area contributed by atoms with Gasteiger partial charge in [0, 0.05) is 0 Å². The lowest BCUT2D eigenvalue weighted by Crippen LogP contribution is -1.82. The second kappa shape index (κ2) is 4.07. The van der Waals surface area contributed by atoms with Gasteiger partial charge in [-0.3, -0.25) is 0 Å². The Balaban J connectivity index is 0.000000810. The molecule has 0 fully saturated rings. The van der Waals surface area contributed by atoms with Gasteiger partial charge in [-0.1, -0.05) is 31.2 Å². The Hall–Kier alpha value is -0.820. The molecule has 1 nitrogen and oxygen atoms in total. The molecule has 1 aromatic carbocycles. The normalized spacial score (nSPS) is 8.60. The van der Waals surface area contributed by atoms with Crippen LogP contribution in [0.5, 0.6) is 0 Å². The maximum atomic E-state index is 2.18. The van der Waals surface area contributed by atoms with Crippen LogP contribution < -0.4 is 6.15 Å². The first-order valence-electron chi connectivity index (χ1n) is 3.39. The van der Waals surface area contributed by atoms with E-state index in [-0.39, 0.29) is 6.15 Å². The largest absolute Gasteiger partial charge is 0.344 e. The maximum absolute atomic E-state index is 2.18. The summed E-state index contributed by atoms with van der Waals surface area (Å²) >= 11 is 0. The molecule has 0 radical (unpaired) electrons. The third-order valence-electron chi connectivity index (χ3n) is 1.64. The molecule has 1 rings (SSSR count). The molecule has 0 heterocycles. The molecule has 0 aliphatic heterocycles. The minimum Gasteiger partial charge on any atom is -0.344 e. The minimum absolute atomic E-state index is 0. The Morgan fingerprint density at radius 3 is 2.20 bits per heavy atom. The van der Waals surface area contributed by atoms with E-state index in [0.29, 0.717) is 0 Å². The van der Waals surface area contributed by atoms with E-state index in [1.807, 2.05) is 0 Å². The highest BCUT2D eigenvalue weighted by Gasteiger charge is 1.89. The highest BCUT2D eigenvalue weighted by molar-refractivity contribution is 5.24. The molecule has 3 N–H and O–H groups in total. The standard InChI is InChI=1S/C9H12.H3N/c1-3-9-7-5-4-6-8(9)2;/h4-7H,3H2,1-2H3;1H3. The Labute approximate surface area is 62.7 Å². The minimum atomic E-state index is 0. The smallest absolute Gasteiger partial charge is 0.0305 e. The van der Waals surface area contributed by atoms with E-state index >= 15 is 0 Å². The zero-order valence-electron chi connectivity index (χ0n) is 6.72. The first-order valence-corrected chi connectivity index (χ1v) is 3.39. The predicted octanol–water partition coefficient (Wildman–Crippen LogP) is 2.72. The van der Waals surface area contributed by atoms with Crippen molar-refractivity contribution in [3.63, 3.8) is 0 Å². The monoisotopic (exact) mass is 137 g/mol. The predicted molar refractivity (Wildman–Crippen MR) is 45.6 cm³/mol. The van der Waals surface area contributed by atoms with Crippen LogP contribution in [0.25, 0.3) is 0 Å². The number of hydrogen-bond acceptors (Lipinski definition) is 1. The van der Waals surface area contributed by atoms with Crippen LogP contribution in [0.2, 0.25) is 0 Å². The lowest BCUT2D eigenvalue weighted by molar-refractivity contribution is 1.11. The fourth-order valence-electron chi connectivity index (χ4n) is 1.01. The van der Waals surface area contributed by atoms with Crippen molar-refractivity contribution >= 4 is 0 Å². The second-order valence-corrected chi connectivity index (χ2v) is 2.28. The molecule has 0 unspecified atom stereocenters. The molecule has 0 spiro atoms. The quantitative estimate of drug-likeness (QED) is 0.634. The molecule has 0 aliphatic carbocycles. The Morgan fingerprint density at radius 2 is 1.80 bits per heavy atom. The zero-order chi connectivity index (χ0) is 6.69. The molecule has 1 aromatic rings. The van der Waals surface area contributed by atoms with Gasteiger partial charge in [0.15, 0.2) is 0 Å². The molecular weight excluding hydrogens is 122 g/mol. The van der Waals surface area contributed by atoms with E-state index in [2.05, 4.69) is 38.1 Å². The zero-order valence-corrected chi connectivity index (χ0v) is 6.72. The van der Waals surface area contributed by atoms with Gasteiger partial charge in [0.2, 0.25) is 0 Å². The van der Waals surface area contributed by atoms with Crippen molar-refractivity contribution in [2.45, 2.75) is 20.3 Å². The summed E-state index contributed by atoms with van der Waals surface area (Å²) < 4.78 is 0. The van der Waals surface area contributed by atoms with E-state index in [1.54, 1.807) is 0 Å². The fraction of sp³-hybridized carbons (Fsp3) is 0.333.